The number of likely N-dealkylation sites (tertiary alicyclic amines) is 1. The highest BCUT2D eigenvalue weighted by atomic mass is 32.1. The molecule has 1 unspecified atom stereocenters. The number of thiazole rings is 1. The van der Waals surface area contributed by atoms with Gasteiger partial charge in [0.2, 0.25) is 47.5 Å². The van der Waals surface area contributed by atoms with Crippen LogP contribution in [0, 0.1) is 29.6 Å². The van der Waals surface area contributed by atoms with Gasteiger partial charge < -0.3 is 71.4 Å². The number of anilines is 1. The van der Waals surface area contributed by atoms with Crippen molar-refractivity contribution in [2.24, 2.45) is 35.3 Å². The summed E-state index contributed by atoms with van der Waals surface area (Å²) in [6, 6.07) is 9.00. The zero-order chi connectivity index (χ0) is 78.1. The predicted octanol–water partition coefficient (Wildman–Crippen LogP) is 5.71. The van der Waals surface area contributed by atoms with Crippen molar-refractivity contribution in [3.8, 4) is 0 Å². The number of likely N-dealkylation sites (N-methyl/N-ethyl adjacent to an activating group) is 3. The summed E-state index contributed by atoms with van der Waals surface area (Å²) in [5.41, 5.74) is 6.80. The minimum atomic E-state index is -1.54. The lowest BCUT2D eigenvalue weighted by Gasteiger charge is -2.41. The standard InChI is InChI=1S/C76H114N14O15S/c1-15-49(8)65(57(103-13)45-61(94)89-38-23-27-56(89)66(104-14)50(9)68(95)82-55(72-78-36-43-106-72)44-51-24-18-16-19-25-51)86(11)73(99)63(47(4)5)84-71(98)64(48(6)7)87(12)76(102)105-67(74(100)88-41-39-85(10)40-42-88)52-29-31-53(32-30-52)80-69(96)54(26-22-35-79-75(77)101)81-70(97)62(46(2)3)83-58(91)28-20-17-21-37-90-59(92)33-34-60(90)93/h16,18-19,24-25,29-34,36,43,46-50,54-57,62-67H,15,17,20-23,26-28,35,37-42,44-45H2,1-14H3,(H,80,96)(H,81,97)(H,82,95)(H,83,91)(H,84,98)(H3,77,79,101)/t49-,50+,54-,55-,56-,57+,62-,63-,64-,65-,66+,67?/m0/s1. The van der Waals surface area contributed by atoms with E-state index < -0.39 is 126 Å². The highest BCUT2D eigenvalue weighted by Crippen LogP contribution is 2.32. The van der Waals surface area contributed by atoms with Gasteiger partial charge >= 0.3 is 12.1 Å². The number of carbonyl (C=O) groups excluding carboxylic acids is 12. The third-order valence-electron chi connectivity index (χ3n) is 20.2. The van der Waals surface area contributed by atoms with Gasteiger partial charge in [-0.2, -0.15) is 0 Å². The first-order valence-electron chi connectivity index (χ1n) is 37.0. The molecule has 0 aliphatic carbocycles. The average molecular weight is 1500 g/mol. The van der Waals surface area contributed by atoms with Gasteiger partial charge in [-0.3, -0.25) is 57.7 Å². The number of nitrogens with one attached hydrogen (secondary N) is 6. The maximum Gasteiger partial charge on any atom is 0.411 e. The van der Waals surface area contributed by atoms with E-state index in [1.807, 2.05) is 63.5 Å². The Hall–Kier alpha value is -8.87. The van der Waals surface area contributed by atoms with Crippen molar-refractivity contribution in [1.82, 2.24) is 61.0 Å². The van der Waals surface area contributed by atoms with Crippen molar-refractivity contribution in [2.45, 2.75) is 194 Å². The first kappa shape index (κ1) is 86.1. The summed E-state index contributed by atoms with van der Waals surface area (Å²) < 4.78 is 18.4. The topological polar surface area (TPSA) is 363 Å². The molecular formula is C76H114N14O15S. The second-order valence-electron chi connectivity index (χ2n) is 29.0. The van der Waals surface area contributed by atoms with Crippen LogP contribution in [0.15, 0.2) is 78.3 Å². The molecule has 0 spiro atoms. The lowest BCUT2D eigenvalue weighted by Crippen LogP contribution is -2.60. The number of amides is 13. The van der Waals surface area contributed by atoms with Crippen LogP contribution in [0.25, 0.3) is 0 Å². The van der Waals surface area contributed by atoms with E-state index in [4.69, 9.17) is 19.9 Å². The van der Waals surface area contributed by atoms with E-state index >= 15 is 4.79 Å². The number of aromatic nitrogens is 1. The zero-order valence-electron chi connectivity index (χ0n) is 64.1. The summed E-state index contributed by atoms with van der Waals surface area (Å²) in [5.74, 6) is -6.92. The number of imide groups is 1. The third-order valence-corrected chi connectivity index (χ3v) is 21.1. The molecule has 3 aliphatic heterocycles. The smallest absolute Gasteiger partial charge is 0.411 e. The van der Waals surface area contributed by atoms with Gasteiger partial charge in [-0.25, -0.2) is 14.6 Å². The van der Waals surface area contributed by atoms with Crippen LogP contribution in [0.2, 0.25) is 0 Å². The molecule has 106 heavy (non-hydrogen) atoms. The molecule has 3 aliphatic rings. The second kappa shape index (κ2) is 41.9. The Balaban J connectivity index is 1.13. The molecule has 8 N–H and O–H groups in total. The number of carbonyl (C=O) groups is 12. The Morgan fingerprint density at radius 3 is 1.96 bits per heavy atom. The van der Waals surface area contributed by atoms with Gasteiger partial charge in [-0.15, -0.1) is 11.3 Å². The summed E-state index contributed by atoms with van der Waals surface area (Å²) >= 11 is 1.46. The van der Waals surface area contributed by atoms with E-state index in [-0.39, 0.29) is 85.6 Å². The van der Waals surface area contributed by atoms with E-state index in [9.17, 15) is 52.7 Å². The van der Waals surface area contributed by atoms with Crippen LogP contribution in [0.3, 0.4) is 0 Å². The molecule has 0 saturated carbocycles. The number of hydrogen-bond donors (Lipinski definition) is 7. The van der Waals surface area contributed by atoms with Gasteiger partial charge in [-0.05, 0) is 93.4 Å². The van der Waals surface area contributed by atoms with Gasteiger partial charge in [0.15, 0.2) is 0 Å². The molecule has 29 nitrogen and oxygen atoms in total. The average Bonchev–Trinajstić information content (AvgIpc) is 1.09. The number of primary amides is 1. The fourth-order valence-electron chi connectivity index (χ4n) is 13.9. The van der Waals surface area contributed by atoms with Crippen molar-refractivity contribution in [3.05, 3.63) is 94.5 Å². The minimum Gasteiger partial charge on any atom is -0.431 e. The molecule has 13 amide bonds. The summed E-state index contributed by atoms with van der Waals surface area (Å²) in [4.78, 5) is 179. The van der Waals surface area contributed by atoms with Crippen LogP contribution in [0.1, 0.15) is 155 Å². The largest absolute Gasteiger partial charge is 0.431 e. The number of piperazine rings is 1. The van der Waals surface area contributed by atoms with Crippen LogP contribution in [-0.2, 0) is 68.6 Å². The third kappa shape index (κ3) is 24.3. The van der Waals surface area contributed by atoms with Crippen LogP contribution in [0.5, 0.6) is 0 Å². The number of ether oxygens (including phenoxy) is 3. The summed E-state index contributed by atoms with van der Waals surface area (Å²) in [7, 11) is 7.99. The zero-order valence-corrected chi connectivity index (χ0v) is 65.0. The number of methoxy groups -OCH3 is 2. The number of benzene rings is 2. The first-order valence-corrected chi connectivity index (χ1v) is 37.9. The van der Waals surface area contributed by atoms with Crippen LogP contribution in [0.4, 0.5) is 15.3 Å². The first-order chi connectivity index (χ1) is 50.4. The number of nitrogens with two attached hydrogens (primary N) is 1. The van der Waals surface area contributed by atoms with Crippen molar-refractivity contribution >= 4 is 88.2 Å². The molecule has 1 aromatic heterocycles. The fourth-order valence-corrected chi connectivity index (χ4v) is 14.6. The molecule has 6 rings (SSSR count). The van der Waals surface area contributed by atoms with E-state index in [2.05, 4.69) is 41.8 Å². The van der Waals surface area contributed by atoms with Crippen LogP contribution in [-0.4, -0.2) is 235 Å². The Labute approximate surface area is 627 Å². The van der Waals surface area contributed by atoms with Gasteiger partial charge in [0.1, 0.15) is 29.2 Å². The maximum atomic E-state index is 15.1. The second-order valence-corrected chi connectivity index (χ2v) is 29.9. The number of rotatable bonds is 40. The lowest BCUT2D eigenvalue weighted by atomic mass is 9.89. The Morgan fingerprint density at radius 1 is 0.717 bits per heavy atom. The quantitative estimate of drug-likeness (QED) is 0.0265. The monoisotopic (exact) mass is 1490 g/mol. The van der Waals surface area contributed by atoms with E-state index in [0.717, 1.165) is 20.4 Å². The molecule has 3 aromatic rings. The molecule has 0 bridgehead atoms. The number of urea groups is 1. The molecule has 30 heteroatoms. The van der Waals surface area contributed by atoms with Gasteiger partial charge in [0.25, 0.3) is 17.7 Å². The summed E-state index contributed by atoms with van der Waals surface area (Å²) in [5, 5.41) is 19.7. The predicted molar refractivity (Wildman–Crippen MR) is 401 cm³/mol. The SMILES string of the molecule is CC[C@H](C)[C@@H]([C@@H](CC(=O)N1CCC[C@H]1[C@H](OC)[C@@H](C)C(=O)N[C@@H](Cc1ccccc1)c1nccs1)OC)N(C)C(=O)[C@@H](NC(=O)[C@H](C(C)C)N(C)C(=O)OC(C(=O)N1CCN(C)CC1)c1ccc(NC(=O)[C@H](CCCNC(N)=O)NC(=O)[C@@H](NC(=O)CCCCCN2C(=O)C=CC2=O)C(C)C)cc1)C(C)C. The molecule has 584 valence electrons. The molecule has 0 radical (unpaired) electrons. The molecule has 12 atom stereocenters. The van der Waals surface area contributed by atoms with Crippen molar-refractivity contribution in [3.63, 3.8) is 0 Å². The number of unbranched alkanes of at least 4 members (excludes halogenated alkanes) is 2. The normalized spacial score (nSPS) is 17.8. The lowest BCUT2D eigenvalue weighted by molar-refractivity contribution is -0.148. The van der Waals surface area contributed by atoms with Gasteiger partial charge in [0, 0.05) is 116 Å². The molecule has 2 saturated heterocycles. The van der Waals surface area contributed by atoms with Crippen molar-refractivity contribution in [2.75, 3.05) is 86.5 Å². The molecule has 4 heterocycles. The van der Waals surface area contributed by atoms with E-state index in [1.54, 1.807) is 76.6 Å². The van der Waals surface area contributed by atoms with Crippen LogP contribution < -0.4 is 37.6 Å². The molecule has 2 fully saturated rings. The Kier molecular flexibility index (Phi) is 34.0. The van der Waals surface area contributed by atoms with Gasteiger partial charge in [0.05, 0.1) is 42.7 Å². The van der Waals surface area contributed by atoms with Crippen molar-refractivity contribution < 1.29 is 71.7 Å². The highest BCUT2D eigenvalue weighted by molar-refractivity contribution is 7.09. The van der Waals surface area contributed by atoms with Gasteiger partial charge in [-0.1, -0.05) is 118 Å². The van der Waals surface area contributed by atoms with Crippen LogP contribution >= 0.6 is 11.3 Å². The summed E-state index contributed by atoms with van der Waals surface area (Å²) in [6.45, 7) is 18.7. The Morgan fingerprint density at radius 2 is 1.38 bits per heavy atom. The Bertz CT molecular complexity index is 3450. The van der Waals surface area contributed by atoms with Crippen molar-refractivity contribution in [1.29, 1.82) is 0 Å². The van der Waals surface area contributed by atoms with E-state index in [1.165, 1.54) is 61.9 Å². The number of hydrogen-bond acceptors (Lipinski definition) is 18. The summed E-state index contributed by atoms with van der Waals surface area (Å²) in [6.07, 6.45) is 4.16. The minimum absolute atomic E-state index is 0.0321. The highest BCUT2D eigenvalue weighted by Gasteiger charge is 2.45. The fraction of sp³-hybridized carbons (Fsp3) is 0.618. The molecular weight excluding hydrogens is 1380 g/mol. The molecule has 2 aromatic carbocycles. The number of nitrogens with zero attached hydrogens (tertiary/aromatic N) is 7. The van der Waals surface area contributed by atoms with E-state index in [0.29, 0.717) is 77.7 Å². The maximum absolute atomic E-state index is 15.1.